The van der Waals surface area contributed by atoms with Crippen LogP contribution in [-0.4, -0.2) is 19.1 Å². The van der Waals surface area contributed by atoms with Crippen molar-refractivity contribution in [3.05, 3.63) is 90.0 Å². The van der Waals surface area contributed by atoms with Gasteiger partial charge in [0.15, 0.2) is 0 Å². The van der Waals surface area contributed by atoms with Crippen molar-refractivity contribution in [3.8, 4) is 11.5 Å². The highest BCUT2D eigenvalue weighted by Gasteiger charge is 2.24. The van der Waals surface area contributed by atoms with Crippen LogP contribution in [0.4, 0.5) is 14.5 Å². The lowest BCUT2D eigenvalue weighted by atomic mass is 10.0. The van der Waals surface area contributed by atoms with Gasteiger partial charge < -0.3 is 14.8 Å². The zero-order valence-corrected chi connectivity index (χ0v) is 17.9. The summed E-state index contributed by atoms with van der Waals surface area (Å²) in [6, 6.07) is 22.1. The van der Waals surface area contributed by atoms with Crippen molar-refractivity contribution >= 4 is 11.6 Å². The first-order valence-corrected chi connectivity index (χ1v) is 10.4. The summed E-state index contributed by atoms with van der Waals surface area (Å²) in [5, 5.41) is 6.29. The fourth-order valence-electron chi connectivity index (χ4n) is 3.31. The summed E-state index contributed by atoms with van der Waals surface area (Å²) in [6.45, 7) is 1.39. The van der Waals surface area contributed by atoms with Crippen LogP contribution in [0, 0.1) is 0 Å². The lowest BCUT2D eigenvalue weighted by Crippen LogP contribution is -2.34. The van der Waals surface area contributed by atoms with Gasteiger partial charge >= 0.3 is 6.61 Å². The standard InChI is InChI=1S/C25H26F2N2O3/c1-3-31-22-12-8-7-11-21(22)29-24(30)23(19-9-5-4-6-10-19)28-17(2)18-13-15-20(16-14-18)32-25(26)27/h4-17,23,25,28H,3H2,1-2H3,(H,29,30). The van der Waals surface area contributed by atoms with Crippen LogP contribution < -0.4 is 20.1 Å². The normalized spacial score (nSPS) is 12.8. The Kier molecular flexibility index (Phi) is 8.16. The Morgan fingerprint density at radius 3 is 2.22 bits per heavy atom. The number of nitrogens with one attached hydrogen (secondary N) is 2. The number of alkyl halides is 2. The summed E-state index contributed by atoms with van der Waals surface area (Å²) in [6.07, 6.45) is 0. The van der Waals surface area contributed by atoms with Crippen LogP contribution in [0.1, 0.15) is 37.1 Å². The Morgan fingerprint density at radius 1 is 0.906 bits per heavy atom. The molecule has 0 bridgehead atoms. The van der Waals surface area contributed by atoms with E-state index >= 15 is 0 Å². The Morgan fingerprint density at radius 2 is 1.56 bits per heavy atom. The number of halogens is 2. The largest absolute Gasteiger partial charge is 0.492 e. The van der Waals surface area contributed by atoms with Crippen molar-refractivity contribution in [2.75, 3.05) is 11.9 Å². The molecule has 3 rings (SSSR count). The van der Waals surface area contributed by atoms with E-state index in [1.807, 2.05) is 56.3 Å². The molecule has 32 heavy (non-hydrogen) atoms. The Labute approximate surface area is 186 Å². The summed E-state index contributed by atoms with van der Waals surface area (Å²) in [4.78, 5) is 13.3. The van der Waals surface area contributed by atoms with Crippen molar-refractivity contribution in [2.45, 2.75) is 32.5 Å². The molecule has 1 amide bonds. The third-order valence-electron chi connectivity index (χ3n) is 4.86. The van der Waals surface area contributed by atoms with Crippen LogP contribution in [0.2, 0.25) is 0 Å². The average molecular weight is 440 g/mol. The molecule has 0 aliphatic heterocycles. The smallest absolute Gasteiger partial charge is 0.387 e. The molecular formula is C25H26F2N2O3. The fraction of sp³-hybridized carbons (Fsp3) is 0.240. The molecule has 0 aliphatic carbocycles. The number of rotatable bonds is 10. The minimum absolute atomic E-state index is 0.0841. The molecule has 2 N–H and O–H groups in total. The van der Waals surface area contributed by atoms with Gasteiger partial charge in [-0.1, -0.05) is 54.6 Å². The third kappa shape index (κ3) is 6.28. The first-order valence-electron chi connectivity index (χ1n) is 10.4. The van der Waals surface area contributed by atoms with E-state index in [4.69, 9.17) is 4.74 Å². The van der Waals surface area contributed by atoms with Crippen LogP contribution in [0.5, 0.6) is 11.5 Å². The highest BCUT2D eigenvalue weighted by molar-refractivity contribution is 5.96. The van der Waals surface area contributed by atoms with E-state index in [1.165, 1.54) is 12.1 Å². The van der Waals surface area contributed by atoms with E-state index in [-0.39, 0.29) is 17.7 Å². The van der Waals surface area contributed by atoms with Crippen LogP contribution in [0.25, 0.3) is 0 Å². The summed E-state index contributed by atoms with van der Waals surface area (Å²) in [5.74, 6) is 0.437. The van der Waals surface area contributed by atoms with E-state index in [1.54, 1.807) is 24.3 Å². The van der Waals surface area contributed by atoms with Gasteiger partial charge in [-0.3, -0.25) is 10.1 Å². The molecular weight excluding hydrogens is 414 g/mol. The number of amides is 1. The van der Waals surface area contributed by atoms with Gasteiger partial charge in [-0.2, -0.15) is 8.78 Å². The highest BCUT2D eigenvalue weighted by Crippen LogP contribution is 2.27. The SMILES string of the molecule is CCOc1ccccc1NC(=O)C(NC(C)c1ccc(OC(F)F)cc1)c1ccccc1. The van der Waals surface area contributed by atoms with Crippen LogP contribution in [-0.2, 0) is 4.79 Å². The number of hydrogen-bond donors (Lipinski definition) is 2. The van der Waals surface area contributed by atoms with Crippen molar-refractivity contribution in [1.82, 2.24) is 5.32 Å². The quantitative estimate of drug-likeness (QED) is 0.424. The minimum Gasteiger partial charge on any atom is -0.492 e. The molecule has 2 unspecified atom stereocenters. The first kappa shape index (κ1) is 23.2. The molecule has 3 aromatic rings. The molecule has 5 nitrogen and oxygen atoms in total. The van der Waals surface area contributed by atoms with E-state index in [0.29, 0.717) is 18.0 Å². The Bertz CT molecular complexity index is 998. The van der Waals surface area contributed by atoms with Crippen molar-refractivity contribution in [3.63, 3.8) is 0 Å². The van der Waals surface area contributed by atoms with E-state index in [2.05, 4.69) is 15.4 Å². The van der Waals surface area contributed by atoms with Crippen molar-refractivity contribution < 1.29 is 23.0 Å². The summed E-state index contributed by atoms with van der Waals surface area (Å²) in [7, 11) is 0. The zero-order valence-electron chi connectivity index (χ0n) is 17.9. The molecule has 7 heteroatoms. The second-order valence-electron chi connectivity index (χ2n) is 7.10. The van der Waals surface area contributed by atoms with Crippen LogP contribution >= 0.6 is 0 Å². The third-order valence-corrected chi connectivity index (χ3v) is 4.86. The van der Waals surface area contributed by atoms with Gasteiger partial charge in [0.2, 0.25) is 5.91 Å². The first-order chi connectivity index (χ1) is 15.5. The van der Waals surface area contributed by atoms with Crippen molar-refractivity contribution in [2.24, 2.45) is 0 Å². The van der Waals surface area contributed by atoms with Gasteiger partial charge in [-0.15, -0.1) is 0 Å². The predicted molar refractivity (Wildman–Crippen MR) is 120 cm³/mol. The number of ether oxygens (including phenoxy) is 2. The van der Waals surface area contributed by atoms with Gasteiger partial charge in [0, 0.05) is 6.04 Å². The predicted octanol–water partition coefficient (Wildman–Crippen LogP) is 5.72. The van der Waals surface area contributed by atoms with Gasteiger partial charge in [0.05, 0.1) is 12.3 Å². The van der Waals surface area contributed by atoms with Crippen LogP contribution in [0.15, 0.2) is 78.9 Å². The second-order valence-corrected chi connectivity index (χ2v) is 7.10. The maximum atomic E-state index is 13.3. The lowest BCUT2D eigenvalue weighted by molar-refractivity contribution is -0.118. The van der Waals surface area contributed by atoms with Gasteiger partial charge in [-0.25, -0.2) is 0 Å². The number of carbonyl (C=O) groups excluding carboxylic acids is 1. The monoisotopic (exact) mass is 440 g/mol. The molecule has 0 aliphatic rings. The molecule has 3 aromatic carbocycles. The van der Waals surface area contributed by atoms with Crippen molar-refractivity contribution in [1.29, 1.82) is 0 Å². The van der Waals surface area contributed by atoms with E-state index in [0.717, 1.165) is 11.1 Å². The summed E-state index contributed by atoms with van der Waals surface area (Å²) in [5.41, 5.74) is 2.21. The van der Waals surface area contributed by atoms with Gasteiger partial charge in [0.25, 0.3) is 0 Å². The molecule has 168 valence electrons. The Balaban J connectivity index is 1.80. The van der Waals surface area contributed by atoms with Gasteiger partial charge in [0.1, 0.15) is 17.5 Å². The molecule has 0 heterocycles. The Hall–Kier alpha value is -3.45. The molecule has 0 radical (unpaired) electrons. The van der Waals surface area contributed by atoms with E-state index < -0.39 is 12.7 Å². The summed E-state index contributed by atoms with van der Waals surface area (Å²) < 4.78 is 34.8. The molecule has 0 aromatic heterocycles. The second kappa shape index (κ2) is 11.2. The molecule has 0 fully saturated rings. The van der Waals surface area contributed by atoms with Crippen LogP contribution in [0.3, 0.4) is 0 Å². The van der Waals surface area contributed by atoms with Gasteiger partial charge in [-0.05, 0) is 49.2 Å². The molecule has 0 saturated heterocycles. The number of benzene rings is 3. The fourth-order valence-corrected chi connectivity index (χ4v) is 3.31. The average Bonchev–Trinajstić information content (AvgIpc) is 2.79. The maximum Gasteiger partial charge on any atom is 0.387 e. The number of anilines is 1. The number of carbonyl (C=O) groups is 1. The lowest BCUT2D eigenvalue weighted by Gasteiger charge is -2.24. The number of hydrogen-bond acceptors (Lipinski definition) is 4. The zero-order chi connectivity index (χ0) is 22.9. The maximum absolute atomic E-state index is 13.3. The highest BCUT2D eigenvalue weighted by atomic mass is 19.3. The topological polar surface area (TPSA) is 59.6 Å². The van der Waals surface area contributed by atoms with E-state index in [9.17, 15) is 13.6 Å². The number of para-hydroxylation sites is 2. The molecule has 0 saturated carbocycles. The minimum atomic E-state index is -2.87. The molecule has 2 atom stereocenters. The summed E-state index contributed by atoms with van der Waals surface area (Å²) >= 11 is 0. The molecule has 0 spiro atoms.